The Morgan fingerprint density at radius 2 is 1.88 bits per heavy atom. The monoisotopic (exact) mass is 350 g/mol. The molecule has 1 aromatic heterocycles. The van der Waals surface area contributed by atoms with Gasteiger partial charge in [0, 0.05) is 16.9 Å². The van der Waals surface area contributed by atoms with E-state index >= 15 is 0 Å². The number of phenols is 1. The third-order valence-electron chi connectivity index (χ3n) is 3.26. The van der Waals surface area contributed by atoms with Crippen molar-refractivity contribution in [2.75, 3.05) is 0 Å². The van der Waals surface area contributed by atoms with Gasteiger partial charge in [-0.05, 0) is 36.6 Å². The number of aryl methyl sites for hydroxylation is 1. The van der Waals surface area contributed by atoms with Gasteiger partial charge in [-0.2, -0.15) is 0 Å². The first-order valence-corrected chi connectivity index (χ1v) is 8.40. The largest absolute Gasteiger partial charge is 0.508 e. The van der Waals surface area contributed by atoms with E-state index in [0.717, 1.165) is 22.7 Å². The van der Waals surface area contributed by atoms with Crippen LogP contribution in [0, 0.1) is 18.8 Å². The lowest BCUT2D eigenvalue weighted by molar-refractivity contribution is -0.106. The number of thiazole rings is 1. The van der Waals surface area contributed by atoms with E-state index < -0.39 is 0 Å². The summed E-state index contributed by atoms with van der Waals surface area (Å²) >= 11 is 1.63. The molecule has 1 amide bonds. The molecule has 3 rings (SSSR count). The number of carbonyl (C=O) groups is 1. The molecule has 0 atom stereocenters. The van der Waals surface area contributed by atoms with Gasteiger partial charge in [0.25, 0.3) is 0 Å². The van der Waals surface area contributed by atoms with E-state index in [1.807, 2.05) is 31.2 Å². The van der Waals surface area contributed by atoms with Gasteiger partial charge in [0.1, 0.15) is 5.75 Å². The number of primary amides is 1. The van der Waals surface area contributed by atoms with Crippen molar-refractivity contribution in [3.8, 4) is 17.6 Å². The summed E-state index contributed by atoms with van der Waals surface area (Å²) in [4.78, 5) is 14.4. The molecule has 0 aliphatic carbocycles. The van der Waals surface area contributed by atoms with Crippen LogP contribution in [0.1, 0.15) is 26.7 Å². The Bertz CT molecular complexity index is 893. The molecule has 3 N–H and O–H groups in total. The number of carbonyl (C=O) groups excluding carboxylic acids is 1. The number of rotatable bonds is 2. The molecule has 126 valence electrons. The number of nitrogens with two attached hydrogens (primary N) is 1. The molecular weight excluding hydrogens is 332 g/mol. The molecule has 0 bridgehead atoms. The van der Waals surface area contributed by atoms with Crippen molar-refractivity contribution in [1.29, 1.82) is 0 Å². The highest BCUT2D eigenvalue weighted by Gasteiger charge is 2.06. The van der Waals surface area contributed by atoms with Gasteiger partial charge in [-0.3, -0.25) is 4.79 Å². The van der Waals surface area contributed by atoms with Crippen molar-refractivity contribution in [2.45, 2.75) is 13.3 Å². The first-order chi connectivity index (χ1) is 12.1. The zero-order valence-corrected chi connectivity index (χ0v) is 14.6. The molecule has 4 nitrogen and oxygen atoms in total. The molecule has 5 heteroatoms. The molecule has 0 unspecified atom stereocenters. The van der Waals surface area contributed by atoms with Crippen LogP contribution in [0.4, 0.5) is 0 Å². The maximum absolute atomic E-state index is 9.44. The molecule has 0 radical (unpaired) electrons. The van der Waals surface area contributed by atoms with Gasteiger partial charge in [0.15, 0.2) is 5.01 Å². The fraction of sp³-hybridized carbons (Fsp3) is 0.100. The summed E-state index contributed by atoms with van der Waals surface area (Å²) in [6, 6.07) is 17.3. The Morgan fingerprint density at radius 3 is 2.56 bits per heavy atom. The van der Waals surface area contributed by atoms with E-state index in [1.165, 1.54) is 10.4 Å². The van der Waals surface area contributed by atoms with Crippen molar-refractivity contribution >= 4 is 17.7 Å². The van der Waals surface area contributed by atoms with E-state index in [0.29, 0.717) is 0 Å². The van der Waals surface area contributed by atoms with E-state index in [2.05, 4.69) is 34.7 Å². The lowest BCUT2D eigenvalue weighted by atomic mass is 10.1. The van der Waals surface area contributed by atoms with Crippen LogP contribution in [0.2, 0.25) is 0 Å². The van der Waals surface area contributed by atoms with Crippen molar-refractivity contribution in [3.63, 3.8) is 0 Å². The quantitative estimate of drug-likeness (QED) is 0.550. The van der Waals surface area contributed by atoms with Crippen LogP contribution in [0.3, 0.4) is 0 Å². The number of amides is 1. The van der Waals surface area contributed by atoms with Crippen molar-refractivity contribution in [1.82, 2.24) is 4.98 Å². The summed E-state index contributed by atoms with van der Waals surface area (Å²) in [6.45, 7) is 2.02. The highest BCUT2D eigenvalue weighted by molar-refractivity contribution is 7.12. The summed E-state index contributed by atoms with van der Waals surface area (Å²) in [6.07, 6.45) is 1.14. The second-order valence-electron chi connectivity index (χ2n) is 5.13. The average molecular weight is 350 g/mol. The fourth-order valence-electron chi connectivity index (χ4n) is 2.14. The van der Waals surface area contributed by atoms with E-state index in [9.17, 15) is 5.11 Å². The number of benzene rings is 2. The molecule has 0 aliphatic rings. The minimum Gasteiger partial charge on any atom is -0.508 e. The summed E-state index contributed by atoms with van der Waals surface area (Å²) in [5.41, 5.74) is 7.27. The fourth-order valence-corrected chi connectivity index (χ4v) is 3.09. The third-order valence-corrected chi connectivity index (χ3v) is 4.33. The highest BCUT2D eigenvalue weighted by atomic mass is 32.1. The van der Waals surface area contributed by atoms with Gasteiger partial charge < -0.3 is 10.8 Å². The number of hydrogen-bond donors (Lipinski definition) is 2. The highest BCUT2D eigenvalue weighted by Crippen LogP contribution is 2.21. The summed E-state index contributed by atoms with van der Waals surface area (Å²) < 4.78 is 0. The van der Waals surface area contributed by atoms with Crippen LogP contribution in [0.25, 0.3) is 0 Å². The minimum absolute atomic E-state index is 0.229. The number of aromatic nitrogens is 1. The van der Waals surface area contributed by atoms with Crippen LogP contribution < -0.4 is 5.73 Å². The molecule has 2 aromatic carbocycles. The van der Waals surface area contributed by atoms with E-state index in [1.54, 1.807) is 29.5 Å². The molecule has 3 aromatic rings. The van der Waals surface area contributed by atoms with Crippen molar-refractivity contribution < 1.29 is 9.90 Å². The molecule has 0 saturated carbocycles. The van der Waals surface area contributed by atoms with Gasteiger partial charge >= 0.3 is 0 Å². The third kappa shape index (κ3) is 5.79. The van der Waals surface area contributed by atoms with Gasteiger partial charge in [0.2, 0.25) is 6.41 Å². The Kier molecular flexibility index (Phi) is 6.76. The first kappa shape index (κ1) is 18.2. The maximum Gasteiger partial charge on any atom is 0.204 e. The summed E-state index contributed by atoms with van der Waals surface area (Å²) in [5.74, 6) is 6.35. The number of nitrogens with zero attached hydrogens (tertiary/aromatic N) is 1. The van der Waals surface area contributed by atoms with E-state index in [4.69, 9.17) is 4.79 Å². The van der Waals surface area contributed by atoms with Gasteiger partial charge in [-0.25, -0.2) is 4.98 Å². The molecule has 0 fully saturated rings. The predicted octanol–water partition coefficient (Wildman–Crippen LogP) is 3.25. The van der Waals surface area contributed by atoms with Crippen LogP contribution >= 0.6 is 11.3 Å². The SMILES string of the molecule is Cc1nc(C#Cc2cccc(O)c2)sc1Cc1ccccc1.NC=O. The van der Waals surface area contributed by atoms with E-state index in [-0.39, 0.29) is 12.2 Å². The van der Waals surface area contributed by atoms with Crippen molar-refractivity contribution in [2.24, 2.45) is 5.73 Å². The number of hydrogen-bond acceptors (Lipinski definition) is 4. The normalized spacial score (nSPS) is 9.32. The second-order valence-corrected chi connectivity index (χ2v) is 6.21. The molecule has 25 heavy (non-hydrogen) atoms. The predicted molar refractivity (Wildman–Crippen MR) is 100 cm³/mol. The molecule has 1 heterocycles. The smallest absolute Gasteiger partial charge is 0.204 e. The zero-order valence-electron chi connectivity index (χ0n) is 13.8. The second kappa shape index (κ2) is 9.26. The van der Waals surface area contributed by atoms with Crippen LogP contribution in [-0.4, -0.2) is 16.5 Å². The van der Waals surface area contributed by atoms with Crippen molar-refractivity contribution in [3.05, 3.63) is 81.3 Å². The summed E-state index contributed by atoms with van der Waals surface area (Å²) in [7, 11) is 0. The Morgan fingerprint density at radius 1 is 1.16 bits per heavy atom. The lowest BCUT2D eigenvalue weighted by Gasteiger charge is -1.98. The summed E-state index contributed by atoms with van der Waals surface area (Å²) in [5, 5.41) is 10.3. The molecule has 0 saturated heterocycles. The minimum atomic E-state index is 0.229. The standard InChI is InChI=1S/C19H15NOS.CH3NO/c1-14-18(13-15-6-3-2-4-7-15)22-19(20-14)11-10-16-8-5-9-17(21)12-16;2-1-3/h2-9,12,21H,13H2,1H3;1H,(H2,2,3). The average Bonchev–Trinajstić information content (AvgIpc) is 2.95. The number of aromatic hydroxyl groups is 1. The first-order valence-electron chi connectivity index (χ1n) is 7.59. The maximum atomic E-state index is 9.44. The molecular formula is C20H18N2O2S. The van der Waals surface area contributed by atoms with Crippen LogP contribution in [0.5, 0.6) is 5.75 Å². The van der Waals surface area contributed by atoms with Crippen LogP contribution in [-0.2, 0) is 11.2 Å². The Hall–Kier alpha value is -3.10. The van der Waals surface area contributed by atoms with Gasteiger partial charge in [-0.15, -0.1) is 11.3 Å². The molecule has 0 spiro atoms. The topological polar surface area (TPSA) is 76.2 Å². The van der Waals surface area contributed by atoms with Gasteiger partial charge in [0.05, 0.1) is 5.69 Å². The lowest BCUT2D eigenvalue weighted by Crippen LogP contribution is -1.86. The zero-order chi connectivity index (χ0) is 18.1. The Balaban J connectivity index is 0.000000701. The molecule has 0 aliphatic heterocycles. The Labute approximate surface area is 151 Å². The number of phenolic OH excluding ortho intramolecular Hbond substituents is 1. The van der Waals surface area contributed by atoms with Gasteiger partial charge in [-0.1, -0.05) is 42.3 Å². The van der Waals surface area contributed by atoms with Crippen LogP contribution in [0.15, 0.2) is 54.6 Å².